The Hall–Kier alpha value is -2.94. The maximum atomic E-state index is 12.5. The van der Waals surface area contributed by atoms with Gasteiger partial charge in [-0.25, -0.2) is 18.0 Å². The zero-order valence-electron chi connectivity index (χ0n) is 16.7. The van der Waals surface area contributed by atoms with Gasteiger partial charge in [0, 0.05) is 5.69 Å². The number of ether oxygens (including phenoxy) is 2. The second-order valence-electron chi connectivity index (χ2n) is 6.24. The molecule has 0 amide bonds. The molecule has 1 heterocycles. The molecular weight excluding hydrogens is 398 g/mol. The number of Topliss-reactive ketones (excluding diaryl/α,β-unsaturated/α-hetero) is 1. The molecule has 0 spiro atoms. The molecule has 0 aliphatic carbocycles. The lowest BCUT2D eigenvalue weighted by Crippen LogP contribution is -2.18. The van der Waals surface area contributed by atoms with Crippen molar-refractivity contribution < 1.29 is 32.3 Å². The Morgan fingerprint density at radius 1 is 1.00 bits per heavy atom. The number of aromatic nitrogens is 1. The highest BCUT2D eigenvalue weighted by atomic mass is 32.2. The Bertz CT molecular complexity index is 1050. The second kappa shape index (κ2) is 9.04. The first-order chi connectivity index (χ1) is 13.6. The maximum Gasteiger partial charge on any atom is 0.340 e. The van der Waals surface area contributed by atoms with Crippen molar-refractivity contribution in [3.8, 4) is 0 Å². The summed E-state index contributed by atoms with van der Waals surface area (Å²) in [6.45, 7) is 5.96. The number of rotatable bonds is 8. The van der Waals surface area contributed by atoms with Crippen molar-refractivity contribution in [3.05, 3.63) is 52.3 Å². The summed E-state index contributed by atoms with van der Waals surface area (Å²) < 4.78 is 34.4. The van der Waals surface area contributed by atoms with Gasteiger partial charge in [-0.3, -0.25) is 4.79 Å². The molecule has 1 aromatic carbocycles. The molecule has 0 atom stereocenters. The van der Waals surface area contributed by atoms with Crippen LogP contribution < -0.4 is 0 Å². The van der Waals surface area contributed by atoms with E-state index >= 15 is 0 Å². The molecule has 2 aromatic rings. The topological polar surface area (TPSA) is 120 Å². The maximum absolute atomic E-state index is 12.5. The number of ketones is 1. The SMILES string of the molecule is CCOC(=O)c1c(C)[nH]c(C(=O)COC(=O)c2ccccc2S(=O)(=O)CC)c1C. The van der Waals surface area contributed by atoms with Crippen LogP contribution in [0.1, 0.15) is 56.3 Å². The molecule has 1 aromatic heterocycles. The third kappa shape index (κ3) is 4.73. The molecule has 0 fully saturated rings. The van der Waals surface area contributed by atoms with Gasteiger partial charge in [-0.05, 0) is 38.5 Å². The smallest absolute Gasteiger partial charge is 0.340 e. The van der Waals surface area contributed by atoms with Crippen molar-refractivity contribution in [2.75, 3.05) is 19.0 Å². The predicted octanol–water partition coefficient (Wildman–Crippen LogP) is 2.64. The van der Waals surface area contributed by atoms with E-state index in [0.29, 0.717) is 11.3 Å². The molecule has 8 nitrogen and oxygen atoms in total. The van der Waals surface area contributed by atoms with Crippen LogP contribution in [0.15, 0.2) is 29.2 Å². The fourth-order valence-electron chi connectivity index (χ4n) is 2.88. The summed E-state index contributed by atoms with van der Waals surface area (Å²) >= 11 is 0. The summed E-state index contributed by atoms with van der Waals surface area (Å²) in [6, 6.07) is 5.67. The first kappa shape index (κ1) is 22.4. The predicted molar refractivity (Wildman–Crippen MR) is 105 cm³/mol. The zero-order chi connectivity index (χ0) is 21.8. The molecule has 29 heavy (non-hydrogen) atoms. The lowest BCUT2D eigenvalue weighted by molar-refractivity contribution is 0.0468. The van der Waals surface area contributed by atoms with E-state index < -0.39 is 34.2 Å². The van der Waals surface area contributed by atoms with Crippen molar-refractivity contribution in [1.29, 1.82) is 0 Å². The van der Waals surface area contributed by atoms with E-state index in [1.54, 1.807) is 20.8 Å². The van der Waals surface area contributed by atoms with E-state index in [1.165, 1.54) is 31.2 Å². The number of aryl methyl sites for hydroxylation is 1. The standard InChI is InChI=1S/C20H23NO7S/c1-5-27-20(24)17-12(3)18(21-13(17)4)15(22)11-28-19(23)14-9-7-8-10-16(14)29(25,26)6-2/h7-10,21H,5-6,11H2,1-4H3. The largest absolute Gasteiger partial charge is 0.462 e. The zero-order valence-corrected chi connectivity index (χ0v) is 17.5. The fraction of sp³-hybridized carbons (Fsp3) is 0.350. The Morgan fingerprint density at radius 2 is 1.66 bits per heavy atom. The van der Waals surface area contributed by atoms with Gasteiger partial charge in [-0.15, -0.1) is 0 Å². The van der Waals surface area contributed by atoms with Crippen LogP contribution >= 0.6 is 0 Å². The minimum absolute atomic E-state index is 0.131. The highest BCUT2D eigenvalue weighted by Crippen LogP contribution is 2.21. The van der Waals surface area contributed by atoms with E-state index in [-0.39, 0.29) is 34.1 Å². The average molecular weight is 421 g/mol. The molecule has 0 saturated carbocycles. The van der Waals surface area contributed by atoms with Gasteiger partial charge in [0.1, 0.15) is 0 Å². The van der Waals surface area contributed by atoms with Crippen LogP contribution in [0.2, 0.25) is 0 Å². The van der Waals surface area contributed by atoms with Gasteiger partial charge in [0.15, 0.2) is 16.4 Å². The molecule has 0 radical (unpaired) electrons. The van der Waals surface area contributed by atoms with Crippen molar-refractivity contribution in [2.45, 2.75) is 32.6 Å². The van der Waals surface area contributed by atoms with E-state index in [4.69, 9.17) is 9.47 Å². The number of H-pyrrole nitrogens is 1. The van der Waals surface area contributed by atoms with Crippen LogP contribution in [0.4, 0.5) is 0 Å². The third-order valence-corrected chi connectivity index (χ3v) is 6.14. The summed E-state index contributed by atoms with van der Waals surface area (Å²) in [6.07, 6.45) is 0. The lowest BCUT2D eigenvalue weighted by atomic mass is 10.1. The Labute approximate surface area is 169 Å². The fourth-order valence-corrected chi connectivity index (χ4v) is 3.96. The average Bonchev–Trinajstić information content (AvgIpc) is 3.00. The van der Waals surface area contributed by atoms with E-state index in [9.17, 15) is 22.8 Å². The normalized spacial score (nSPS) is 11.2. The van der Waals surface area contributed by atoms with Gasteiger partial charge < -0.3 is 14.5 Å². The van der Waals surface area contributed by atoms with Gasteiger partial charge in [-0.2, -0.15) is 0 Å². The van der Waals surface area contributed by atoms with Gasteiger partial charge >= 0.3 is 11.9 Å². The number of benzene rings is 1. The third-order valence-electron chi connectivity index (χ3n) is 4.35. The molecule has 9 heteroatoms. The molecular formula is C20H23NO7S. The minimum Gasteiger partial charge on any atom is -0.462 e. The number of esters is 2. The van der Waals surface area contributed by atoms with Crippen molar-refractivity contribution in [1.82, 2.24) is 4.98 Å². The van der Waals surface area contributed by atoms with Crippen LogP contribution in [-0.2, 0) is 19.3 Å². The summed E-state index contributed by atoms with van der Waals surface area (Å²) in [4.78, 5) is 39.6. The number of carbonyl (C=O) groups excluding carboxylic acids is 3. The summed E-state index contributed by atoms with van der Waals surface area (Å²) in [5.74, 6) is -2.19. The number of hydrogen-bond donors (Lipinski definition) is 1. The highest BCUT2D eigenvalue weighted by Gasteiger charge is 2.25. The number of nitrogens with one attached hydrogen (secondary N) is 1. The van der Waals surface area contributed by atoms with E-state index in [0.717, 1.165) is 0 Å². The summed E-state index contributed by atoms with van der Waals surface area (Å²) in [7, 11) is -3.63. The Kier molecular flexibility index (Phi) is 6.97. The number of sulfone groups is 1. The Balaban J connectivity index is 2.20. The quantitative estimate of drug-likeness (QED) is 0.514. The first-order valence-electron chi connectivity index (χ1n) is 9.02. The van der Waals surface area contributed by atoms with Crippen molar-refractivity contribution in [3.63, 3.8) is 0 Å². The minimum atomic E-state index is -3.63. The summed E-state index contributed by atoms with van der Waals surface area (Å²) in [5.41, 5.74) is 1.13. The van der Waals surface area contributed by atoms with Crippen LogP contribution in [0.25, 0.3) is 0 Å². The van der Waals surface area contributed by atoms with Gasteiger partial charge in [0.2, 0.25) is 5.78 Å². The molecule has 2 rings (SSSR count). The first-order valence-corrected chi connectivity index (χ1v) is 10.7. The van der Waals surface area contributed by atoms with Gasteiger partial charge in [-0.1, -0.05) is 19.1 Å². The van der Waals surface area contributed by atoms with Crippen LogP contribution in [-0.4, -0.2) is 50.1 Å². The van der Waals surface area contributed by atoms with E-state index in [1.807, 2.05) is 0 Å². The number of carbonyl (C=O) groups is 3. The molecule has 0 aliphatic heterocycles. The van der Waals surface area contributed by atoms with Crippen LogP contribution in [0.5, 0.6) is 0 Å². The van der Waals surface area contributed by atoms with Crippen LogP contribution in [0.3, 0.4) is 0 Å². The molecule has 0 aliphatic rings. The number of aromatic amines is 1. The van der Waals surface area contributed by atoms with Gasteiger partial charge in [0.05, 0.1) is 34.1 Å². The highest BCUT2D eigenvalue weighted by molar-refractivity contribution is 7.91. The van der Waals surface area contributed by atoms with Crippen molar-refractivity contribution in [2.24, 2.45) is 0 Å². The summed E-state index contributed by atoms with van der Waals surface area (Å²) in [5, 5.41) is 0. The molecule has 0 bridgehead atoms. The molecule has 0 saturated heterocycles. The lowest BCUT2D eigenvalue weighted by Gasteiger charge is -2.09. The van der Waals surface area contributed by atoms with Gasteiger partial charge in [0.25, 0.3) is 0 Å². The molecule has 156 valence electrons. The van der Waals surface area contributed by atoms with Crippen LogP contribution in [0, 0.1) is 13.8 Å². The monoisotopic (exact) mass is 421 g/mol. The second-order valence-corrected chi connectivity index (χ2v) is 8.49. The molecule has 0 unspecified atom stereocenters. The van der Waals surface area contributed by atoms with Crippen molar-refractivity contribution >= 4 is 27.6 Å². The van der Waals surface area contributed by atoms with E-state index in [2.05, 4.69) is 4.98 Å². The number of hydrogen-bond acceptors (Lipinski definition) is 7. The molecule has 1 N–H and O–H groups in total. The Morgan fingerprint density at radius 3 is 2.28 bits per heavy atom.